The van der Waals surface area contributed by atoms with Gasteiger partial charge in [-0.15, -0.1) is 0 Å². The second-order valence-corrected chi connectivity index (χ2v) is 6.16. The van der Waals surface area contributed by atoms with Crippen LogP contribution in [0, 0.1) is 0 Å². The van der Waals surface area contributed by atoms with E-state index in [9.17, 15) is 9.59 Å². The van der Waals surface area contributed by atoms with Gasteiger partial charge in [0.2, 0.25) is 5.91 Å². The summed E-state index contributed by atoms with van der Waals surface area (Å²) in [4.78, 5) is 26.1. The number of piperidine rings is 1. The molecule has 0 saturated carbocycles. The molecule has 2 N–H and O–H groups in total. The Hall–Kier alpha value is -1.88. The fraction of sp³-hybridized carbons (Fsp3) is 0.529. The highest BCUT2D eigenvalue weighted by Gasteiger charge is 2.24. The number of carbonyl (C=O) groups is 2. The molecule has 2 heterocycles. The first kappa shape index (κ1) is 15.0. The van der Waals surface area contributed by atoms with E-state index in [2.05, 4.69) is 17.6 Å². The molecular formula is C17H23N3O2. The van der Waals surface area contributed by atoms with Crippen molar-refractivity contribution in [3.63, 3.8) is 0 Å². The lowest BCUT2D eigenvalue weighted by atomic mass is 9.99. The number of benzene rings is 1. The van der Waals surface area contributed by atoms with Crippen LogP contribution in [0.1, 0.15) is 43.0 Å². The van der Waals surface area contributed by atoms with Crippen LogP contribution in [-0.4, -0.2) is 37.0 Å². The zero-order chi connectivity index (χ0) is 15.5. The highest BCUT2D eigenvalue weighted by molar-refractivity contribution is 5.99. The molecule has 1 aromatic carbocycles. The maximum absolute atomic E-state index is 12.5. The Balaban J connectivity index is 1.71. The van der Waals surface area contributed by atoms with Gasteiger partial charge in [-0.05, 0) is 50.9 Å². The summed E-state index contributed by atoms with van der Waals surface area (Å²) in [5.41, 5.74) is 1.44. The van der Waals surface area contributed by atoms with E-state index in [4.69, 9.17) is 0 Å². The van der Waals surface area contributed by atoms with E-state index in [1.165, 1.54) is 0 Å². The Morgan fingerprint density at radius 1 is 1.36 bits per heavy atom. The van der Waals surface area contributed by atoms with Gasteiger partial charge in [0, 0.05) is 36.3 Å². The topological polar surface area (TPSA) is 61.4 Å². The molecule has 3 rings (SSSR count). The van der Waals surface area contributed by atoms with E-state index in [0.29, 0.717) is 18.0 Å². The van der Waals surface area contributed by atoms with Gasteiger partial charge in [-0.2, -0.15) is 0 Å². The van der Waals surface area contributed by atoms with Gasteiger partial charge in [-0.3, -0.25) is 9.59 Å². The SMILES string of the molecule is CC1NCCCC1NC(=O)c1cccc(N2CCCC2=O)c1. The minimum atomic E-state index is -0.0611. The highest BCUT2D eigenvalue weighted by atomic mass is 16.2. The summed E-state index contributed by atoms with van der Waals surface area (Å²) in [5, 5.41) is 6.49. The molecule has 22 heavy (non-hydrogen) atoms. The molecule has 0 aromatic heterocycles. The van der Waals surface area contributed by atoms with E-state index < -0.39 is 0 Å². The minimum absolute atomic E-state index is 0.0611. The lowest BCUT2D eigenvalue weighted by Gasteiger charge is -2.30. The Morgan fingerprint density at radius 3 is 2.95 bits per heavy atom. The smallest absolute Gasteiger partial charge is 0.251 e. The summed E-state index contributed by atoms with van der Waals surface area (Å²) in [7, 11) is 0. The molecule has 2 aliphatic heterocycles. The third-order valence-electron chi connectivity index (χ3n) is 4.57. The number of hydrogen-bond donors (Lipinski definition) is 2. The van der Waals surface area contributed by atoms with Crippen LogP contribution in [-0.2, 0) is 4.79 Å². The molecule has 2 fully saturated rings. The molecule has 2 amide bonds. The first-order chi connectivity index (χ1) is 10.6. The standard InChI is InChI=1S/C17H23N3O2/c1-12-15(7-3-9-18-12)19-17(22)13-5-2-6-14(11-13)20-10-4-8-16(20)21/h2,5-6,11-12,15,18H,3-4,7-10H2,1H3,(H,19,22). The second-order valence-electron chi connectivity index (χ2n) is 6.16. The van der Waals surface area contributed by atoms with Gasteiger partial charge in [-0.25, -0.2) is 0 Å². The van der Waals surface area contributed by atoms with Crippen molar-refractivity contribution in [2.45, 2.75) is 44.7 Å². The zero-order valence-electron chi connectivity index (χ0n) is 13.0. The molecule has 0 spiro atoms. The van der Waals surface area contributed by atoms with E-state index in [1.807, 2.05) is 18.2 Å². The van der Waals surface area contributed by atoms with Crippen molar-refractivity contribution in [1.82, 2.24) is 10.6 Å². The zero-order valence-corrected chi connectivity index (χ0v) is 13.0. The second kappa shape index (κ2) is 6.48. The molecule has 2 unspecified atom stereocenters. The average Bonchev–Trinajstić information content (AvgIpc) is 2.96. The van der Waals surface area contributed by atoms with Crippen molar-refractivity contribution in [2.24, 2.45) is 0 Å². The monoisotopic (exact) mass is 301 g/mol. The summed E-state index contributed by atoms with van der Waals surface area (Å²) >= 11 is 0. The summed E-state index contributed by atoms with van der Waals surface area (Å²) in [6, 6.07) is 7.82. The number of nitrogens with one attached hydrogen (secondary N) is 2. The molecule has 0 bridgehead atoms. The van der Waals surface area contributed by atoms with Crippen molar-refractivity contribution in [1.29, 1.82) is 0 Å². The molecule has 2 saturated heterocycles. The van der Waals surface area contributed by atoms with Crippen molar-refractivity contribution < 1.29 is 9.59 Å². The van der Waals surface area contributed by atoms with Crippen LogP contribution >= 0.6 is 0 Å². The molecular weight excluding hydrogens is 278 g/mol. The van der Waals surface area contributed by atoms with Crippen LogP contribution in [0.4, 0.5) is 5.69 Å². The van der Waals surface area contributed by atoms with Crippen molar-refractivity contribution in [3.8, 4) is 0 Å². The molecule has 2 aliphatic rings. The summed E-state index contributed by atoms with van der Waals surface area (Å²) < 4.78 is 0. The summed E-state index contributed by atoms with van der Waals surface area (Å²) in [5.74, 6) is 0.0803. The number of hydrogen-bond acceptors (Lipinski definition) is 3. The van der Waals surface area contributed by atoms with Crippen LogP contribution in [0.3, 0.4) is 0 Å². The van der Waals surface area contributed by atoms with Gasteiger partial charge in [0.05, 0.1) is 0 Å². The highest BCUT2D eigenvalue weighted by Crippen LogP contribution is 2.22. The fourth-order valence-electron chi connectivity index (χ4n) is 3.23. The molecule has 1 aromatic rings. The van der Waals surface area contributed by atoms with Gasteiger partial charge in [0.25, 0.3) is 5.91 Å². The lowest BCUT2D eigenvalue weighted by Crippen LogP contribution is -2.51. The summed E-state index contributed by atoms with van der Waals surface area (Å²) in [6.07, 6.45) is 3.57. The molecule has 5 heteroatoms. The van der Waals surface area contributed by atoms with Gasteiger partial charge >= 0.3 is 0 Å². The Labute approximate surface area is 131 Å². The van der Waals surface area contributed by atoms with Gasteiger partial charge < -0.3 is 15.5 Å². The normalized spacial score (nSPS) is 25.3. The first-order valence-electron chi connectivity index (χ1n) is 8.10. The summed E-state index contributed by atoms with van der Waals surface area (Å²) in [6.45, 7) is 3.86. The van der Waals surface area contributed by atoms with E-state index in [-0.39, 0.29) is 17.9 Å². The number of anilines is 1. The lowest BCUT2D eigenvalue weighted by molar-refractivity contribution is -0.117. The van der Waals surface area contributed by atoms with Crippen molar-refractivity contribution in [2.75, 3.05) is 18.0 Å². The Bertz CT molecular complexity index is 573. The van der Waals surface area contributed by atoms with Crippen LogP contribution in [0.2, 0.25) is 0 Å². The molecule has 5 nitrogen and oxygen atoms in total. The Morgan fingerprint density at radius 2 is 2.23 bits per heavy atom. The number of rotatable bonds is 3. The molecule has 0 radical (unpaired) electrons. The van der Waals surface area contributed by atoms with Crippen molar-refractivity contribution >= 4 is 17.5 Å². The van der Waals surface area contributed by atoms with Crippen LogP contribution in [0.15, 0.2) is 24.3 Å². The molecule has 2 atom stereocenters. The van der Waals surface area contributed by atoms with Gasteiger partial charge in [0.15, 0.2) is 0 Å². The molecule has 118 valence electrons. The molecule has 0 aliphatic carbocycles. The predicted molar refractivity (Wildman–Crippen MR) is 86.0 cm³/mol. The van der Waals surface area contributed by atoms with Crippen LogP contribution < -0.4 is 15.5 Å². The van der Waals surface area contributed by atoms with E-state index in [1.54, 1.807) is 11.0 Å². The third-order valence-corrected chi connectivity index (χ3v) is 4.57. The van der Waals surface area contributed by atoms with Crippen LogP contribution in [0.5, 0.6) is 0 Å². The number of amides is 2. The largest absolute Gasteiger partial charge is 0.348 e. The Kier molecular flexibility index (Phi) is 4.43. The quantitative estimate of drug-likeness (QED) is 0.893. The maximum atomic E-state index is 12.5. The predicted octanol–water partition coefficient (Wildman–Crippen LogP) is 1.68. The van der Waals surface area contributed by atoms with Gasteiger partial charge in [-0.1, -0.05) is 6.07 Å². The minimum Gasteiger partial charge on any atom is -0.348 e. The fourth-order valence-corrected chi connectivity index (χ4v) is 3.23. The van der Waals surface area contributed by atoms with Crippen LogP contribution in [0.25, 0.3) is 0 Å². The number of nitrogens with zero attached hydrogens (tertiary/aromatic N) is 1. The maximum Gasteiger partial charge on any atom is 0.251 e. The van der Waals surface area contributed by atoms with Crippen molar-refractivity contribution in [3.05, 3.63) is 29.8 Å². The average molecular weight is 301 g/mol. The van der Waals surface area contributed by atoms with E-state index in [0.717, 1.165) is 38.0 Å². The number of carbonyl (C=O) groups excluding carboxylic acids is 2. The van der Waals surface area contributed by atoms with E-state index >= 15 is 0 Å². The first-order valence-corrected chi connectivity index (χ1v) is 8.10. The third kappa shape index (κ3) is 3.14. The van der Waals surface area contributed by atoms with Gasteiger partial charge in [0.1, 0.15) is 0 Å².